The first kappa shape index (κ1) is 14.9. The molecule has 3 nitrogen and oxygen atoms in total. The smallest absolute Gasteiger partial charge is 0.0708 e. The maximum Gasteiger partial charge on any atom is 0.0708 e. The monoisotopic (exact) mass is 271 g/mol. The van der Waals surface area contributed by atoms with E-state index in [2.05, 4.69) is 67.3 Å². The highest BCUT2D eigenvalue weighted by Gasteiger charge is 2.04. The van der Waals surface area contributed by atoms with Crippen LogP contribution in [0, 0.1) is 6.92 Å². The summed E-state index contributed by atoms with van der Waals surface area (Å²) in [5.41, 5.74) is 3.50. The lowest BCUT2D eigenvalue weighted by molar-refractivity contribution is 0.273. The van der Waals surface area contributed by atoms with E-state index in [4.69, 9.17) is 0 Å². The van der Waals surface area contributed by atoms with Crippen LogP contribution in [0.2, 0.25) is 0 Å². The zero-order chi connectivity index (χ0) is 14.5. The van der Waals surface area contributed by atoms with Gasteiger partial charge in [0.2, 0.25) is 0 Å². The Hall–Kier alpha value is -1.45. The molecule has 3 heteroatoms. The van der Waals surface area contributed by atoms with E-state index in [1.54, 1.807) is 0 Å². The van der Waals surface area contributed by atoms with Crippen molar-refractivity contribution in [1.82, 2.24) is 15.2 Å². The molecule has 2 aromatic rings. The van der Waals surface area contributed by atoms with Gasteiger partial charge >= 0.3 is 0 Å². The zero-order valence-electron chi connectivity index (χ0n) is 13.0. The van der Waals surface area contributed by atoms with Gasteiger partial charge in [0.05, 0.1) is 5.52 Å². The molecule has 0 saturated carbocycles. The largest absolute Gasteiger partial charge is 0.311 e. The summed E-state index contributed by atoms with van der Waals surface area (Å²) in [5, 5.41) is 4.79. The van der Waals surface area contributed by atoms with Crippen LogP contribution in [0.5, 0.6) is 0 Å². The van der Waals surface area contributed by atoms with E-state index >= 15 is 0 Å². The average molecular weight is 271 g/mol. The summed E-state index contributed by atoms with van der Waals surface area (Å²) in [6.07, 6.45) is 0. The van der Waals surface area contributed by atoms with Gasteiger partial charge in [-0.05, 0) is 45.5 Å². The van der Waals surface area contributed by atoms with Crippen LogP contribution in [0.15, 0.2) is 30.3 Å². The lowest BCUT2D eigenvalue weighted by Gasteiger charge is -2.21. The second kappa shape index (κ2) is 6.82. The highest BCUT2D eigenvalue weighted by atomic mass is 15.1. The third-order valence-electron chi connectivity index (χ3n) is 3.77. The summed E-state index contributed by atoms with van der Waals surface area (Å²) in [6, 6.07) is 11.1. The van der Waals surface area contributed by atoms with Crippen molar-refractivity contribution >= 4 is 10.9 Å². The normalized spacial score (nSPS) is 11.7. The molecule has 0 amide bonds. The van der Waals surface area contributed by atoms with Gasteiger partial charge in [0, 0.05) is 36.8 Å². The van der Waals surface area contributed by atoms with E-state index in [1.165, 1.54) is 10.9 Å². The zero-order valence-corrected chi connectivity index (χ0v) is 13.0. The van der Waals surface area contributed by atoms with Gasteiger partial charge in [-0.15, -0.1) is 0 Å². The van der Waals surface area contributed by atoms with E-state index in [9.17, 15) is 0 Å². The molecule has 0 aliphatic heterocycles. The molecule has 20 heavy (non-hydrogen) atoms. The van der Waals surface area contributed by atoms with Gasteiger partial charge in [-0.1, -0.05) is 18.2 Å². The number of benzene rings is 1. The number of aromatic nitrogens is 1. The highest BCUT2D eigenvalue weighted by molar-refractivity contribution is 5.82. The van der Waals surface area contributed by atoms with Crippen LogP contribution in [0.1, 0.15) is 25.1 Å². The molecule has 0 saturated heterocycles. The van der Waals surface area contributed by atoms with Crippen molar-refractivity contribution in [3.8, 4) is 0 Å². The fraction of sp³-hybridized carbons (Fsp3) is 0.471. The first-order chi connectivity index (χ1) is 9.58. The first-order valence-corrected chi connectivity index (χ1v) is 7.34. The third kappa shape index (κ3) is 3.78. The number of hydrogen-bond donors (Lipinski definition) is 1. The lowest BCUT2D eigenvalue weighted by atomic mass is 10.1. The molecule has 0 bridgehead atoms. The van der Waals surface area contributed by atoms with Crippen LogP contribution in [-0.2, 0) is 6.54 Å². The molecule has 0 aliphatic rings. The van der Waals surface area contributed by atoms with Gasteiger partial charge < -0.3 is 10.2 Å². The molecule has 0 aliphatic carbocycles. The van der Waals surface area contributed by atoms with E-state index < -0.39 is 0 Å². The van der Waals surface area contributed by atoms with Crippen LogP contribution >= 0.6 is 0 Å². The van der Waals surface area contributed by atoms with Gasteiger partial charge in [-0.2, -0.15) is 0 Å². The number of nitrogens with zero attached hydrogens (tertiary/aromatic N) is 2. The molecule has 0 atom stereocenters. The van der Waals surface area contributed by atoms with Crippen molar-refractivity contribution in [3.05, 3.63) is 41.6 Å². The predicted octanol–water partition coefficient (Wildman–Crippen LogP) is 2.97. The molecule has 0 fully saturated rings. The number of likely N-dealkylation sites (N-methyl/N-ethyl adjacent to an activating group) is 1. The summed E-state index contributed by atoms with van der Waals surface area (Å²) in [5.74, 6) is 0. The minimum Gasteiger partial charge on any atom is -0.311 e. The molecule has 1 aromatic heterocycles. The van der Waals surface area contributed by atoms with E-state index in [1.807, 2.05) is 6.07 Å². The number of para-hydroxylation sites is 1. The van der Waals surface area contributed by atoms with Gasteiger partial charge in [0.25, 0.3) is 0 Å². The van der Waals surface area contributed by atoms with Crippen molar-refractivity contribution in [2.24, 2.45) is 0 Å². The van der Waals surface area contributed by atoms with E-state index in [0.717, 1.165) is 30.8 Å². The SMILES string of the molecule is Cc1cc(CNCCN(C)C(C)C)c2ccccc2n1. The van der Waals surface area contributed by atoms with Crippen LogP contribution in [0.4, 0.5) is 0 Å². The Balaban J connectivity index is 1.99. The number of aryl methyl sites for hydroxylation is 1. The Kier molecular flexibility index (Phi) is 5.10. The van der Waals surface area contributed by atoms with Crippen molar-refractivity contribution < 1.29 is 0 Å². The van der Waals surface area contributed by atoms with Gasteiger partial charge in [0.1, 0.15) is 0 Å². The second-order valence-electron chi connectivity index (χ2n) is 5.69. The van der Waals surface area contributed by atoms with Crippen molar-refractivity contribution in [3.63, 3.8) is 0 Å². The standard InChI is InChI=1S/C17H25N3/c1-13(2)20(4)10-9-18-12-15-11-14(3)19-17-8-6-5-7-16(15)17/h5-8,11,13,18H,9-10,12H2,1-4H3. The molecule has 108 valence electrons. The topological polar surface area (TPSA) is 28.2 Å². The van der Waals surface area contributed by atoms with Crippen molar-refractivity contribution in [2.45, 2.75) is 33.4 Å². The second-order valence-corrected chi connectivity index (χ2v) is 5.69. The number of hydrogen-bond acceptors (Lipinski definition) is 3. The van der Waals surface area contributed by atoms with Gasteiger partial charge in [-0.3, -0.25) is 4.98 Å². The van der Waals surface area contributed by atoms with Crippen LogP contribution in [0.3, 0.4) is 0 Å². The Morgan fingerprint density at radius 2 is 2.00 bits per heavy atom. The van der Waals surface area contributed by atoms with Crippen LogP contribution < -0.4 is 5.32 Å². The number of fused-ring (bicyclic) bond motifs is 1. The Bertz CT molecular complexity index is 563. The van der Waals surface area contributed by atoms with Crippen LogP contribution in [-0.4, -0.2) is 36.1 Å². The third-order valence-corrected chi connectivity index (χ3v) is 3.77. The number of nitrogens with one attached hydrogen (secondary N) is 1. The Labute approximate surface area is 122 Å². The van der Waals surface area contributed by atoms with Gasteiger partial charge in [-0.25, -0.2) is 0 Å². The summed E-state index contributed by atoms with van der Waals surface area (Å²) >= 11 is 0. The van der Waals surface area contributed by atoms with Crippen LogP contribution in [0.25, 0.3) is 10.9 Å². The van der Waals surface area contributed by atoms with Crippen molar-refractivity contribution in [1.29, 1.82) is 0 Å². The molecular formula is C17H25N3. The van der Waals surface area contributed by atoms with E-state index in [-0.39, 0.29) is 0 Å². The van der Waals surface area contributed by atoms with E-state index in [0.29, 0.717) is 6.04 Å². The summed E-state index contributed by atoms with van der Waals surface area (Å²) in [6.45, 7) is 9.47. The van der Waals surface area contributed by atoms with Crippen molar-refractivity contribution in [2.75, 3.05) is 20.1 Å². The highest BCUT2D eigenvalue weighted by Crippen LogP contribution is 2.17. The minimum absolute atomic E-state index is 0.598. The molecular weight excluding hydrogens is 246 g/mol. The summed E-state index contributed by atoms with van der Waals surface area (Å²) < 4.78 is 0. The summed E-state index contributed by atoms with van der Waals surface area (Å²) in [4.78, 5) is 6.93. The number of pyridine rings is 1. The molecule has 0 unspecified atom stereocenters. The molecule has 1 heterocycles. The molecule has 1 N–H and O–H groups in total. The van der Waals surface area contributed by atoms with Gasteiger partial charge in [0.15, 0.2) is 0 Å². The maximum absolute atomic E-state index is 4.58. The Morgan fingerprint density at radius 1 is 1.25 bits per heavy atom. The fourth-order valence-electron chi connectivity index (χ4n) is 2.28. The number of rotatable bonds is 6. The molecule has 0 radical (unpaired) electrons. The quantitative estimate of drug-likeness (QED) is 0.819. The lowest BCUT2D eigenvalue weighted by Crippen LogP contribution is -2.33. The first-order valence-electron chi connectivity index (χ1n) is 7.34. The predicted molar refractivity (Wildman–Crippen MR) is 86.0 cm³/mol. The molecule has 0 spiro atoms. The Morgan fingerprint density at radius 3 is 2.75 bits per heavy atom. The maximum atomic E-state index is 4.58. The minimum atomic E-state index is 0.598. The average Bonchev–Trinajstić information content (AvgIpc) is 2.42. The molecule has 2 rings (SSSR count). The molecule has 1 aromatic carbocycles. The summed E-state index contributed by atoms with van der Waals surface area (Å²) in [7, 11) is 2.17. The fourth-order valence-corrected chi connectivity index (χ4v) is 2.28.